The van der Waals surface area contributed by atoms with Crippen LogP contribution in [0.2, 0.25) is 0 Å². The van der Waals surface area contributed by atoms with Gasteiger partial charge in [0.25, 0.3) is 5.82 Å². The summed E-state index contributed by atoms with van der Waals surface area (Å²) in [6.45, 7) is 9.12. The van der Waals surface area contributed by atoms with Crippen molar-refractivity contribution in [3.05, 3.63) is 17.5 Å². The van der Waals surface area contributed by atoms with Gasteiger partial charge >= 0.3 is 0 Å². The number of anilines is 2. The molecular weight excluding hydrogens is 386 g/mol. The van der Waals surface area contributed by atoms with Gasteiger partial charge in [0, 0.05) is 12.5 Å². The lowest BCUT2D eigenvalue weighted by Gasteiger charge is -2.32. The molecule has 2 aliphatic rings. The Hall–Kier alpha value is -2.03. The van der Waals surface area contributed by atoms with Gasteiger partial charge in [0.2, 0.25) is 0 Å². The highest BCUT2D eigenvalue weighted by molar-refractivity contribution is 7.25. The van der Waals surface area contributed by atoms with Crippen molar-refractivity contribution in [3.63, 3.8) is 0 Å². The molecule has 0 spiro atoms. The summed E-state index contributed by atoms with van der Waals surface area (Å²) < 4.78 is 7.24. The van der Waals surface area contributed by atoms with Crippen molar-refractivity contribution in [1.82, 2.24) is 9.97 Å². The number of aliphatic hydroxyl groups excluding tert-OH is 1. The fraction of sp³-hybridized carbons (Fsp3) is 0.571. The zero-order valence-electron chi connectivity index (χ0n) is 17.2. The second-order valence-corrected chi connectivity index (χ2v) is 9.80. The molecule has 3 aromatic rings. The van der Waals surface area contributed by atoms with Gasteiger partial charge in [-0.05, 0) is 39.2 Å². The summed E-state index contributed by atoms with van der Waals surface area (Å²) in [6, 6.07) is -0.0660. The van der Waals surface area contributed by atoms with Crippen LogP contribution in [0.25, 0.3) is 20.4 Å². The third kappa shape index (κ3) is 3.23. The maximum Gasteiger partial charge on any atom is 0.281 e. The minimum atomic E-state index is -0.197. The fourth-order valence-corrected chi connectivity index (χ4v) is 5.57. The van der Waals surface area contributed by atoms with E-state index in [0.717, 1.165) is 40.4 Å². The molecule has 0 aromatic carbocycles. The number of aromatic nitrogens is 3. The van der Waals surface area contributed by atoms with Gasteiger partial charge in [0.1, 0.15) is 16.8 Å². The predicted octanol–water partition coefficient (Wildman–Crippen LogP) is 2.90. The van der Waals surface area contributed by atoms with Crippen molar-refractivity contribution in [2.75, 3.05) is 29.9 Å². The summed E-state index contributed by atoms with van der Waals surface area (Å²) in [6.07, 6.45) is 4.95. The van der Waals surface area contributed by atoms with Crippen LogP contribution in [0.5, 0.6) is 0 Å². The van der Waals surface area contributed by atoms with Crippen LogP contribution in [0.1, 0.15) is 44.7 Å². The number of pyridine rings is 1. The van der Waals surface area contributed by atoms with E-state index in [1.54, 1.807) is 17.7 Å². The lowest BCUT2D eigenvalue weighted by molar-refractivity contribution is -0.328. The van der Waals surface area contributed by atoms with E-state index < -0.39 is 0 Å². The Morgan fingerprint density at radius 2 is 2.10 bits per heavy atom. The van der Waals surface area contributed by atoms with E-state index in [0.29, 0.717) is 6.61 Å². The van der Waals surface area contributed by atoms with Crippen LogP contribution in [0.3, 0.4) is 0 Å². The van der Waals surface area contributed by atoms with Gasteiger partial charge in [0.15, 0.2) is 4.83 Å². The fourth-order valence-electron chi connectivity index (χ4n) is 4.44. The van der Waals surface area contributed by atoms with Crippen LogP contribution in [-0.2, 0) is 17.8 Å². The first-order chi connectivity index (χ1) is 14.0. The van der Waals surface area contributed by atoms with Gasteiger partial charge in [-0.25, -0.2) is 15.0 Å². The molecule has 29 heavy (non-hydrogen) atoms. The predicted molar refractivity (Wildman–Crippen MR) is 116 cm³/mol. The van der Waals surface area contributed by atoms with Crippen LogP contribution in [0.15, 0.2) is 6.33 Å². The van der Waals surface area contributed by atoms with Crippen LogP contribution in [-0.4, -0.2) is 46.4 Å². The Kier molecular flexibility index (Phi) is 4.60. The second kappa shape index (κ2) is 7.04. The Balaban J connectivity index is 1.76. The van der Waals surface area contributed by atoms with Gasteiger partial charge < -0.3 is 15.2 Å². The van der Waals surface area contributed by atoms with E-state index >= 15 is 0 Å². The number of hydrogen-bond donors (Lipinski definition) is 2. The zero-order valence-corrected chi connectivity index (χ0v) is 18.0. The van der Waals surface area contributed by atoms with E-state index in [2.05, 4.69) is 39.0 Å². The van der Waals surface area contributed by atoms with Crippen molar-refractivity contribution >= 4 is 43.4 Å². The first-order valence-electron chi connectivity index (χ1n) is 10.4. The Bertz CT molecular complexity index is 1070. The third-order valence-corrected chi connectivity index (χ3v) is 7.05. The Morgan fingerprint density at radius 1 is 1.31 bits per heavy atom. The highest BCUT2D eigenvalue weighted by Crippen LogP contribution is 2.42. The number of ether oxygens (including phenoxy) is 1. The van der Waals surface area contributed by atoms with Crippen LogP contribution >= 0.6 is 11.3 Å². The monoisotopic (exact) mass is 414 g/mol. The van der Waals surface area contributed by atoms with Crippen molar-refractivity contribution in [3.8, 4) is 0 Å². The van der Waals surface area contributed by atoms with E-state index in [-0.39, 0.29) is 18.2 Å². The van der Waals surface area contributed by atoms with Crippen LogP contribution in [0.4, 0.5) is 11.6 Å². The normalized spacial score (nSPS) is 19.7. The molecule has 1 atom stereocenters. The standard InChI is InChI=1S/C21H27N5O2S/c1-12(9-27)24-18-17-16(22-11-23-18)15-13-8-21(2,3)28-10-14(13)19(25-20(15)29-17)26-6-4-5-7-26/h11-12,27H,4-10H2,1-3H3,(H,22,23,24)/p+1/t12-/m0/s1. The SMILES string of the molecule is C[C@@H](CO)Nc1ncnc2c1sc1[nH+]c(N3CCCC3)c3c(c12)CC(C)(C)OC3. The summed E-state index contributed by atoms with van der Waals surface area (Å²) in [4.78, 5) is 16.5. The molecule has 8 heteroatoms. The Labute approximate surface area is 174 Å². The van der Waals surface area contributed by atoms with Crippen molar-refractivity contribution in [2.24, 2.45) is 0 Å². The topological polar surface area (TPSA) is 84.7 Å². The van der Waals surface area contributed by atoms with E-state index in [1.165, 1.54) is 35.2 Å². The highest BCUT2D eigenvalue weighted by atomic mass is 32.1. The molecule has 2 aliphatic heterocycles. The average molecular weight is 415 g/mol. The molecule has 1 fully saturated rings. The lowest BCUT2D eigenvalue weighted by Crippen LogP contribution is -2.36. The smallest absolute Gasteiger partial charge is 0.281 e. The number of fused-ring (bicyclic) bond motifs is 5. The molecule has 0 aliphatic carbocycles. The maximum atomic E-state index is 9.45. The molecule has 3 aromatic heterocycles. The molecule has 0 bridgehead atoms. The van der Waals surface area contributed by atoms with Gasteiger partial charge in [-0.1, -0.05) is 11.3 Å². The van der Waals surface area contributed by atoms with Crippen LogP contribution < -0.4 is 15.2 Å². The summed E-state index contributed by atoms with van der Waals surface area (Å²) in [5.74, 6) is 1.99. The number of nitrogens with zero attached hydrogens (tertiary/aromatic N) is 3. The highest BCUT2D eigenvalue weighted by Gasteiger charge is 2.36. The summed E-state index contributed by atoms with van der Waals surface area (Å²) in [5.41, 5.74) is 3.40. The molecule has 154 valence electrons. The molecule has 0 unspecified atom stereocenters. The quantitative estimate of drug-likeness (QED) is 0.683. The van der Waals surface area contributed by atoms with Gasteiger partial charge in [-0.3, -0.25) is 4.90 Å². The number of aliphatic hydroxyl groups is 1. The van der Waals surface area contributed by atoms with Crippen LogP contribution in [0, 0.1) is 0 Å². The average Bonchev–Trinajstić information content (AvgIpc) is 3.34. The van der Waals surface area contributed by atoms with Gasteiger partial charge in [-0.15, -0.1) is 0 Å². The molecule has 0 radical (unpaired) electrons. The number of thiophene rings is 1. The van der Waals surface area contributed by atoms with Crippen molar-refractivity contribution in [1.29, 1.82) is 0 Å². The lowest BCUT2D eigenvalue weighted by atomic mass is 9.90. The summed E-state index contributed by atoms with van der Waals surface area (Å²) >= 11 is 1.69. The minimum absolute atomic E-state index is 0.0581. The van der Waals surface area contributed by atoms with Gasteiger partial charge in [0.05, 0.1) is 48.4 Å². The maximum absolute atomic E-state index is 9.45. The summed E-state index contributed by atoms with van der Waals surface area (Å²) in [5, 5.41) is 14.0. The number of nitrogens with one attached hydrogen (secondary N) is 2. The van der Waals surface area contributed by atoms with Crippen molar-refractivity contribution in [2.45, 2.75) is 58.3 Å². The minimum Gasteiger partial charge on any atom is -0.394 e. The summed E-state index contributed by atoms with van der Waals surface area (Å²) in [7, 11) is 0. The molecule has 3 N–H and O–H groups in total. The second-order valence-electron chi connectivity index (χ2n) is 8.78. The first-order valence-corrected chi connectivity index (χ1v) is 11.2. The van der Waals surface area contributed by atoms with E-state index in [4.69, 9.17) is 4.74 Å². The number of hydrogen-bond acceptors (Lipinski definition) is 7. The Morgan fingerprint density at radius 3 is 2.86 bits per heavy atom. The number of rotatable bonds is 4. The molecule has 1 saturated heterocycles. The first kappa shape index (κ1) is 19.0. The molecule has 0 amide bonds. The van der Waals surface area contributed by atoms with E-state index in [9.17, 15) is 5.11 Å². The zero-order chi connectivity index (χ0) is 20.2. The third-order valence-electron chi connectivity index (χ3n) is 5.94. The largest absolute Gasteiger partial charge is 0.394 e. The molecule has 0 saturated carbocycles. The number of H-pyrrole nitrogens is 1. The van der Waals surface area contributed by atoms with E-state index in [1.807, 2.05) is 6.92 Å². The molecule has 5 rings (SSSR count). The van der Waals surface area contributed by atoms with Gasteiger partial charge in [-0.2, -0.15) is 0 Å². The molecule has 5 heterocycles. The van der Waals surface area contributed by atoms with Crippen molar-refractivity contribution < 1.29 is 14.8 Å². The molecular formula is C21H28N5O2S+. The number of aromatic amines is 1. The molecule has 7 nitrogen and oxygen atoms in total.